The highest BCUT2D eigenvalue weighted by Crippen LogP contribution is 2.48. The molecule has 1 fully saturated rings. The number of nitrogens with zero attached hydrogens (tertiary/aromatic N) is 4. The minimum atomic E-state index is -1.37. The first-order valence-corrected chi connectivity index (χ1v) is 16.3. The van der Waals surface area contributed by atoms with Gasteiger partial charge in [0, 0.05) is 12.7 Å². The number of carbonyl (C=O) groups excluding carboxylic acids is 1. The Morgan fingerprint density at radius 3 is 1.94 bits per heavy atom. The molecule has 3 heterocycles. The Kier molecular flexibility index (Phi) is 9.48. The van der Waals surface area contributed by atoms with Crippen molar-refractivity contribution in [2.75, 3.05) is 26.6 Å². The first-order chi connectivity index (χ1) is 24.9. The molecule has 6 aromatic rings. The molecule has 12 nitrogen and oxygen atoms in total. The number of aromatic nitrogens is 4. The molecule has 0 aliphatic carbocycles. The van der Waals surface area contributed by atoms with Gasteiger partial charge in [0.15, 0.2) is 23.2 Å². The minimum absolute atomic E-state index is 0.207. The Balaban J connectivity index is 1.31. The SMILES string of the molecule is COc1ccc(C(c2ccccc2)(c2ccc(OC)cc2)C(O)[C@H]2O[C@@H](n3cnc4c(NC(=O)c5ccccc5)ncnc43)[C@H](OC)[C@@H]2O)cc1. The van der Waals surface area contributed by atoms with Crippen LogP contribution in [0.5, 0.6) is 11.5 Å². The van der Waals surface area contributed by atoms with E-state index < -0.39 is 36.1 Å². The van der Waals surface area contributed by atoms with Crippen molar-refractivity contribution in [1.82, 2.24) is 19.5 Å². The van der Waals surface area contributed by atoms with Gasteiger partial charge in [0.1, 0.15) is 42.2 Å². The van der Waals surface area contributed by atoms with E-state index >= 15 is 0 Å². The van der Waals surface area contributed by atoms with Gasteiger partial charge in [-0.3, -0.25) is 9.36 Å². The van der Waals surface area contributed by atoms with Crippen molar-refractivity contribution in [3.8, 4) is 11.5 Å². The Bertz CT molecular complexity index is 2050. The van der Waals surface area contributed by atoms with E-state index in [0.717, 1.165) is 16.7 Å². The Morgan fingerprint density at radius 1 is 0.804 bits per heavy atom. The smallest absolute Gasteiger partial charge is 0.256 e. The van der Waals surface area contributed by atoms with Gasteiger partial charge in [-0.2, -0.15) is 0 Å². The molecule has 0 saturated carbocycles. The summed E-state index contributed by atoms with van der Waals surface area (Å²) < 4.78 is 25.0. The molecular formula is C39H37N5O7. The number of hydrogen-bond acceptors (Lipinski definition) is 10. The quantitative estimate of drug-likeness (QED) is 0.163. The standard InChI is InChI=1S/C39H37N5O7/c1-48-28-18-14-26(15-19-28)39(25-12-8-5-9-13-25,27-16-20-29(49-2)21-17-27)34(46)32-31(45)33(50-3)38(51-32)44-23-42-30-35(40-22-41-36(30)44)43-37(47)24-10-6-4-7-11-24/h4-23,31-34,38,45-46H,1-3H3,(H,40,41,43,47)/t31-,32+,33-,34?,38-/m1/s1. The van der Waals surface area contributed by atoms with Crippen molar-refractivity contribution in [2.45, 2.75) is 36.1 Å². The van der Waals surface area contributed by atoms with Crippen LogP contribution in [0.3, 0.4) is 0 Å². The van der Waals surface area contributed by atoms with E-state index in [1.54, 1.807) is 43.1 Å². The van der Waals surface area contributed by atoms with Crippen LogP contribution in [0.15, 0.2) is 122 Å². The first-order valence-electron chi connectivity index (χ1n) is 16.3. The van der Waals surface area contributed by atoms with Crippen molar-refractivity contribution < 1.29 is 34.0 Å². The second-order valence-electron chi connectivity index (χ2n) is 12.1. The lowest BCUT2D eigenvalue weighted by molar-refractivity contribution is -0.0979. The number of fused-ring (bicyclic) bond motifs is 1. The number of amides is 1. The third-order valence-corrected chi connectivity index (χ3v) is 9.50. The molecule has 1 saturated heterocycles. The average molecular weight is 688 g/mol. The number of anilines is 1. The number of rotatable bonds is 11. The van der Waals surface area contributed by atoms with Gasteiger partial charge >= 0.3 is 0 Å². The van der Waals surface area contributed by atoms with Crippen molar-refractivity contribution in [3.05, 3.63) is 144 Å². The third kappa shape index (κ3) is 5.97. The lowest BCUT2D eigenvalue weighted by Crippen LogP contribution is -2.52. The maximum Gasteiger partial charge on any atom is 0.256 e. The minimum Gasteiger partial charge on any atom is -0.497 e. The molecule has 7 rings (SSSR count). The molecule has 0 spiro atoms. The van der Waals surface area contributed by atoms with Gasteiger partial charge in [-0.05, 0) is 53.1 Å². The number of imidazole rings is 1. The van der Waals surface area contributed by atoms with Crippen LogP contribution in [0.1, 0.15) is 33.3 Å². The molecule has 0 radical (unpaired) electrons. The zero-order valence-corrected chi connectivity index (χ0v) is 28.2. The monoisotopic (exact) mass is 687 g/mol. The van der Waals surface area contributed by atoms with Crippen LogP contribution < -0.4 is 14.8 Å². The molecule has 1 amide bonds. The summed E-state index contributed by atoms with van der Waals surface area (Å²) in [5.41, 5.74) is 2.09. The second kappa shape index (κ2) is 14.3. The van der Waals surface area contributed by atoms with Crippen LogP contribution in [-0.4, -0.2) is 81.4 Å². The number of aliphatic hydroxyl groups excluding tert-OH is 2. The van der Waals surface area contributed by atoms with Crippen molar-refractivity contribution >= 4 is 22.9 Å². The molecule has 2 aromatic heterocycles. The van der Waals surface area contributed by atoms with Gasteiger partial charge in [-0.1, -0.05) is 72.8 Å². The van der Waals surface area contributed by atoms with E-state index in [1.165, 1.54) is 19.8 Å². The molecule has 12 heteroatoms. The molecule has 51 heavy (non-hydrogen) atoms. The van der Waals surface area contributed by atoms with Crippen molar-refractivity contribution in [1.29, 1.82) is 0 Å². The molecule has 1 aliphatic heterocycles. The molecular weight excluding hydrogens is 650 g/mol. The fourth-order valence-electron chi connectivity index (χ4n) is 6.98. The lowest BCUT2D eigenvalue weighted by Gasteiger charge is -2.42. The van der Waals surface area contributed by atoms with Gasteiger partial charge in [-0.25, -0.2) is 15.0 Å². The maximum absolute atomic E-state index is 13.0. The highest BCUT2D eigenvalue weighted by Gasteiger charge is 2.56. The molecule has 0 bridgehead atoms. The summed E-state index contributed by atoms with van der Waals surface area (Å²) in [7, 11) is 4.66. The van der Waals surface area contributed by atoms with Gasteiger partial charge in [0.05, 0.1) is 26.0 Å². The van der Waals surface area contributed by atoms with Gasteiger partial charge in [-0.15, -0.1) is 0 Å². The van der Waals surface area contributed by atoms with E-state index in [1.807, 2.05) is 84.9 Å². The van der Waals surface area contributed by atoms with Gasteiger partial charge < -0.3 is 34.5 Å². The third-order valence-electron chi connectivity index (χ3n) is 9.50. The summed E-state index contributed by atoms with van der Waals surface area (Å²) in [5, 5.41) is 27.6. The molecule has 5 atom stereocenters. The molecule has 260 valence electrons. The van der Waals surface area contributed by atoms with Crippen LogP contribution in [0.4, 0.5) is 5.82 Å². The van der Waals surface area contributed by atoms with Crippen LogP contribution in [0.25, 0.3) is 11.2 Å². The summed E-state index contributed by atoms with van der Waals surface area (Å²) in [6.07, 6.45) is -2.96. The normalized spacial score (nSPS) is 19.5. The van der Waals surface area contributed by atoms with Crippen LogP contribution in [0.2, 0.25) is 0 Å². The number of benzene rings is 4. The van der Waals surface area contributed by atoms with Gasteiger partial charge in [0.2, 0.25) is 0 Å². The maximum atomic E-state index is 13.0. The molecule has 4 aromatic carbocycles. The number of hydrogen-bond donors (Lipinski definition) is 3. The second-order valence-corrected chi connectivity index (χ2v) is 12.1. The van der Waals surface area contributed by atoms with E-state index in [2.05, 4.69) is 20.3 Å². The highest BCUT2D eigenvalue weighted by atomic mass is 16.6. The number of nitrogens with one attached hydrogen (secondary N) is 1. The number of ether oxygens (including phenoxy) is 4. The first kappa shape index (κ1) is 33.8. The number of methoxy groups -OCH3 is 3. The fraction of sp³-hybridized carbons (Fsp3) is 0.231. The largest absolute Gasteiger partial charge is 0.497 e. The van der Waals surface area contributed by atoms with E-state index in [9.17, 15) is 15.0 Å². The van der Waals surface area contributed by atoms with Crippen LogP contribution in [-0.2, 0) is 14.9 Å². The zero-order valence-electron chi connectivity index (χ0n) is 28.2. The summed E-state index contributed by atoms with van der Waals surface area (Å²) in [4.78, 5) is 26.2. The Morgan fingerprint density at radius 2 is 1.37 bits per heavy atom. The van der Waals surface area contributed by atoms with E-state index in [4.69, 9.17) is 18.9 Å². The zero-order chi connectivity index (χ0) is 35.5. The van der Waals surface area contributed by atoms with Gasteiger partial charge in [0.25, 0.3) is 5.91 Å². The fourth-order valence-corrected chi connectivity index (χ4v) is 6.98. The predicted molar refractivity (Wildman–Crippen MR) is 189 cm³/mol. The van der Waals surface area contributed by atoms with Crippen molar-refractivity contribution in [2.24, 2.45) is 0 Å². The summed E-state index contributed by atoms with van der Waals surface area (Å²) >= 11 is 0. The van der Waals surface area contributed by atoms with E-state index in [-0.39, 0.29) is 11.7 Å². The summed E-state index contributed by atoms with van der Waals surface area (Å²) in [6, 6.07) is 33.3. The van der Waals surface area contributed by atoms with Crippen LogP contribution in [0, 0.1) is 0 Å². The van der Waals surface area contributed by atoms with Crippen LogP contribution >= 0.6 is 0 Å². The number of aliphatic hydroxyl groups is 2. The Hall–Kier alpha value is -5.66. The number of carbonyl (C=O) groups is 1. The lowest BCUT2D eigenvalue weighted by atomic mass is 9.64. The average Bonchev–Trinajstić information content (AvgIpc) is 3.77. The molecule has 1 aliphatic rings. The van der Waals surface area contributed by atoms with E-state index in [0.29, 0.717) is 28.2 Å². The Labute approximate surface area is 294 Å². The topological polar surface area (TPSA) is 150 Å². The summed E-state index contributed by atoms with van der Waals surface area (Å²) in [5.74, 6) is 1.15. The highest BCUT2D eigenvalue weighted by molar-refractivity contribution is 6.06. The summed E-state index contributed by atoms with van der Waals surface area (Å²) in [6.45, 7) is 0. The van der Waals surface area contributed by atoms with Crippen molar-refractivity contribution in [3.63, 3.8) is 0 Å². The molecule has 3 N–H and O–H groups in total. The predicted octanol–water partition coefficient (Wildman–Crippen LogP) is 4.76. The molecule has 1 unspecified atom stereocenters.